The number of nitrogens with one attached hydrogen (secondary N) is 1. The second-order valence-corrected chi connectivity index (χ2v) is 9.91. The van der Waals surface area contributed by atoms with Crippen LogP contribution in [0.5, 0.6) is 17.4 Å². The first-order valence-corrected chi connectivity index (χ1v) is 13.3. The number of ether oxygens (including phenoxy) is 3. The van der Waals surface area contributed by atoms with Gasteiger partial charge in [-0.3, -0.25) is 9.80 Å². The minimum Gasteiger partial charge on any atom is -0.495 e. The van der Waals surface area contributed by atoms with Crippen molar-refractivity contribution in [2.24, 2.45) is 0 Å². The standard InChI is InChI=1S/C28H30ClN5O5/c1-18-14-20-8-5-6-9-22(20)34(18)27-30-16-24(39-28(36)32-33-13-7-3-4-10-25(33)35)26(31-27)38-17-19-11-12-23(37-2)21(29)15-19/h5-6,8-9,11-12,15-16,18H,3-4,7,10,13-14,17H2,1-2H3,(H,32,36)/t18-/m1/s1. The Morgan fingerprint density at radius 3 is 2.82 bits per heavy atom. The number of fused-ring (bicyclic) bond motifs is 1. The largest absolute Gasteiger partial charge is 0.495 e. The van der Waals surface area contributed by atoms with E-state index in [0.29, 0.717) is 29.7 Å². The molecular formula is C28H30ClN5O5. The summed E-state index contributed by atoms with van der Waals surface area (Å²) in [6.45, 7) is 2.63. The molecule has 11 heteroatoms. The van der Waals surface area contributed by atoms with Crippen LogP contribution in [0.4, 0.5) is 16.4 Å². The van der Waals surface area contributed by atoms with Gasteiger partial charge >= 0.3 is 6.09 Å². The van der Waals surface area contributed by atoms with Gasteiger partial charge in [-0.25, -0.2) is 15.2 Å². The second kappa shape index (κ2) is 11.8. The molecule has 2 amide bonds. The van der Waals surface area contributed by atoms with Crippen molar-refractivity contribution in [1.82, 2.24) is 20.4 Å². The van der Waals surface area contributed by atoms with Crippen LogP contribution in [0.15, 0.2) is 48.7 Å². The van der Waals surface area contributed by atoms with Crippen molar-refractivity contribution >= 4 is 35.2 Å². The van der Waals surface area contributed by atoms with E-state index in [1.54, 1.807) is 19.2 Å². The zero-order valence-corrected chi connectivity index (χ0v) is 22.6. The van der Waals surface area contributed by atoms with Crippen LogP contribution in [0.2, 0.25) is 5.02 Å². The number of benzene rings is 2. The molecule has 1 fully saturated rings. The first kappa shape index (κ1) is 26.6. The number of aromatic nitrogens is 2. The van der Waals surface area contributed by atoms with Gasteiger partial charge in [0.2, 0.25) is 17.6 Å². The predicted octanol–water partition coefficient (Wildman–Crippen LogP) is 5.21. The van der Waals surface area contributed by atoms with Gasteiger partial charge in [0.05, 0.1) is 18.3 Å². The van der Waals surface area contributed by atoms with E-state index in [2.05, 4.69) is 28.4 Å². The van der Waals surface area contributed by atoms with E-state index in [9.17, 15) is 9.59 Å². The van der Waals surface area contributed by atoms with Gasteiger partial charge in [-0.05, 0) is 55.5 Å². The molecule has 0 aliphatic carbocycles. The summed E-state index contributed by atoms with van der Waals surface area (Å²) in [5.41, 5.74) is 5.52. The van der Waals surface area contributed by atoms with E-state index in [1.165, 1.54) is 16.8 Å². The molecule has 0 unspecified atom stereocenters. The molecular weight excluding hydrogens is 522 g/mol. The van der Waals surface area contributed by atoms with Crippen LogP contribution in [0, 0.1) is 0 Å². The molecule has 1 saturated heterocycles. The number of nitrogens with zero attached hydrogens (tertiary/aromatic N) is 4. The fourth-order valence-electron chi connectivity index (χ4n) is 4.79. The number of rotatable bonds is 7. The van der Waals surface area contributed by atoms with Crippen LogP contribution < -0.4 is 24.5 Å². The number of halogens is 1. The minimum atomic E-state index is -0.821. The lowest BCUT2D eigenvalue weighted by molar-refractivity contribution is -0.133. The lowest BCUT2D eigenvalue weighted by Gasteiger charge is -2.24. The Balaban J connectivity index is 1.40. The quantitative estimate of drug-likeness (QED) is 0.427. The van der Waals surface area contributed by atoms with Crippen molar-refractivity contribution in [3.8, 4) is 17.4 Å². The molecule has 0 saturated carbocycles. The van der Waals surface area contributed by atoms with Gasteiger partial charge < -0.3 is 19.1 Å². The van der Waals surface area contributed by atoms with E-state index in [4.69, 9.17) is 25.8 Å². The maximum atomic E-state index is 12.8. The Bertz CT molecular complexity index is 1370. The van der Waals surface area contributed by atoms with Crippen molar-refractivity contribution in [1.29, 1.82) is 0 Å². The van der Waals surface area contributed by atoms with Gasteiger partial charge in [-0.1, -0.05) is 42.3 Å². The highest BCUT2D eigenvalue weighted by atomic mass is 35.5. The summed E-state index contributed by atoms with van der Waals surface area (Å²) < 4.78 is 16.8. The van der Waals surface area contributed by atoms with Crippen molar-refractivity contribution in [2.75, 3.05) is 18.6 Å². The number of anilines is 2. The second-order valence-electron chi connectivity index (χ2n) is 9.51. The molecule has 0 radical (unpaired) electrons. The maximum Gasteiger partial charge on any atom is 0.431 e. The molecule has 5 rings (SSSR count). The number of hydrogen-bond donors (Lipinski definition) is 1. The van der Waals surface area contributed by atoms with Gasteiger partial charge in [0.15, 0.2) is 0 Å². The number of carbonyl (C=O) groups is 2. The van der Waals surface area contributed by atoms with Crippen molar-refractivity contribution in [3.05, 3.63) is 64.8 Å². The van der Waals surface area contributed by atoms with Crippen LogP contribution in [0.1, 0.15) is 43.7 Å². The number of hydrazine groups is 1. The molecule has 0 spiro atoms. The van der Waals surface area contributed by atoms with Crippen molar-refractivity contribution < 1.29 is 23.8 Å². The van der Waals surface area contributed by atoms with E-state index in [1.807, 2.05) is 29.2 Å². The highest BCUT2D eigenvalue weighted by molar-refractivity contribution is 6.32. The van der Waals surface area contributed by atoms with Crippen molar-refractivity contribution in [2.45, 2.75) is 51.7 Å². The van der Waals surface area contributed by atoms with Gasteiger partial charge in [-0.15, -0.1) is 0 Å². The Morgan fingerprint density at radius 2 is 2.00 bits per heavy atom. The number of carbonyl (C=O) groups excluding carboxylic acids is 2. The lowest BCUT2D eigenvalue weighted by atomic mass is 10.1. The third kappa shape index (κ3) is 6.01. The average Bonchev–Trinajstić information content (AvgIpc) is 3.13. The van der Waals surface area contributed by atoms with E-state index < -0.39 is 6.09 Å². The number of para-hydroxylation sites is 1. The minimum absolute atomic E-state index is 0.0262. The van der Waals surface area contributed by atoms with Crippen LogP contribution in [0.25, 0.3) is 0 Å². The highest BCUT2D eigenvalue weighted by Gasteiger charge is 2.30. The molecule has 204 valence electrons. The fourth-order valence-corrected chi connectivity index (χ4v) is 5.07. The van der Waals surface area contributed by atoms with Gasteiger partial charge in [0.1, 0.15) is 12.4 Å². The third-order valence-corrected chi connectivity index (χ3v) is 7.02. The molecule has 2 aromatic carbocycles. The summed E-state index contributed by atoms with van der Waals surface area (Å²) in [7, 11) is 1.55. The molecule has 1 aromatic heterocycles. The SMILES string of the molecule is COc1ccc(COc2nc(N3c4ccccc4C[C@H]3C)ncc2OC(=O)NN2CCCCCC2=O)cc1Cl. The normalized spacial score (nSPS) is 16.9. The Labute approximate surface area is 231 Å². The van der Waals surface area contributed by atoms with Crippen molar-refractivity contribution in [3.63, 3.8) is 0 Å². The molecule has 3 aromatic rings. The zero-order chi connectivity index (χ0) is 27.4. The fraction of sp³-hybridized carbons (Fsp3) is 0.357. The number of hydrogen-bond acceptors (Lipinski definition) is 8. The molecule has 3 heterocycles. The molecule has 0 bridgehead atoms. The van der Waals surface area contributed by atoms with Gasteiger partial charge in [0.25, 0.3) is 5.88 Å². The van der Waals surface area contributed by atoms with E-state index in [0.717, 1.165) is 36.9 Å². The Hall–Kier alpha value is -4.05. The topological polar surface area (TPSA) is 106 Å². The van der Waals surface area contributed by atoms with Gasteiger partial charge in [-0.2, -0.15) is 4.98 Å². The molecule has 2 aliphatic heterocycles. The lowest BCUT2D eigenvalue weighted by Crippen LogP contribution is -2.47. The molecule has 2 aliphatic rings. The summed E-state index contributed by atoms with van der Waals surface area (Å²) in [6, 6.07) is 13.5. The summed E-state index contributed by atoms with van der Waals surface area (Å²) in [5, 5.41) is 1.75. The van der Waals surface area contributed by atoms with Gasteiger partial charge in [0, 0.05) is 24.7 Å². The molecule has 1 N–H and O–H groups in total. The van der Waals surface area contributed by atoms with Crippen LogP contribution >= 0.6 is 11.6 Å². The smallest absolute Gasteiger partial charge is 0.431 e. The zero-order valence-electron chi connectivity index (χ0n) is 21.9. The summed E-state index contributed by atoms with van der Waals surface area (Å²) in [4.78, 5) is 36.3. The molecule has 10 nitrogen and oxygen atoms in total. The first-order valence-electron chi connectivity index (χ1n) is 12.9. The Kier molecular flexibility index (Phi) is 8.02. The predicted molar refractivity (Wildman–Crippen MR) is 145 cm³/mol. The summed E-state index contributed by atoms with van der Waals surface area (Å²) in [6.07, 6.45) is 4.36. The third-order valence-electron chi connectivity index (χ3n) is 6.73. The van der Waals surface area contributed by atoms with Crippen LogP contribution in [-0.2, 0) is 17.8 Å². The monoisotopic (exact) mass is 551 g/mol. The van der Waals surface area contributed by atoms with E-state index in [-0.39, 0.29) is 30.2 Å². The maximum absolute atomic E-state index is 12.8. The summed E-state index contributed by atoms with van der Waals surface area (Å²) in [5.74, 6) is 0.936. The average molecular weight is 552 g/mol. The Morgan fingerprint density at radius 1 is 1.15 bits per heavy atom. The molecule has 39 heavy (non-hydrogen) atoms. The number of amides is 2. The first-order chi connectivity index (χ1) is 18.9. The van der Waals surface area contributed by atoms with E-state index >= 15 is 0 Å². The van der Waals surface area contributed by atoms with Crippen LogP contribution in [0.3, 0.4) is 0 Å². The summed E-state index contributed by atoms with van der Waals surface area (Å²) >= 11 is 6.28. The highest BCUT2D eigenvalue weighted by Crippen LogP contribution is 2.38. The molecule has 1 atom stereocenters. The number of methoxy groups -OCH3 is 1. The van der Waals surface area contributed by atoms with Crippen LogP contribution in [-0.4, -0.2) is 46.7 Å².